The SMILES string of the molecule is O=C(CCc1cccnc1)c1sc(-c2cccnc2)nc1Cl. The van der Waals surface area contributed by atoms with Crippen LogP contribution in [0.3, 0.4) is 0 Å². The first kappa shape index (κ1) is 14.8. The summed E-state index contributed by atoms with van der Waals surface area (Å²) >= 11 is 7.42. The van der Waals surface area contributed by atoms with Gasteiger partial charge in [0.25, 0.3) is 0 Å². The lowest BCUT2D eigenvalue weighted by Gasteiger charge is -1.99. The third-order valence-corrected chi connectivity index (χ3v) is 4.64. The van der Waals surface area contributed by atoms with Crippen LogP contribution in [0.25, 0.3) is 10.6 Å². The van der Waals surface area contributed by atoms with Crippen LogP contribution >= 0.6 is 22.9 Å². The van der Waals surface area contributed by atoms with Gasteiger partial charge in [0.05, 0.1) is 0 Å². The minimum absolute atomic E-state index is 0.00138. The first-order valence-corrected chi connectivity index (χ1v) is 7.92. The highest BCUT2D eigenvalue weighted by atomic mass is 35.5. The van der Waals surface area contributed by atoms with Crippen LogP contribution in [0.1, 0.15) is 21.7 Å². The zero-order valence-corrected chi connectivity index (χ0v) is 13.1. The van der Waals surface area contributed by atoms with Gasteiger partial charge in [0, 0.05) is 36.8 Å². The average Bonchev–Trinajstić information content (AvgIpc) is 2.96. The van der Waals surface area contributed by atoms with Gasteiger partial charge in [0.15, 0.2) is 10.9 Å². The summed E-state index contributed by atoms with van der Waals surface area (Å²) < 4.78 is 0. The van der Waals surface area contributed by atoms with E-state index < -0.39 is 0 Å². The summed E-state index contributed by atoms with van der Waals surface area (Å²) in [6.45, 7) is 0. The Morgan fingerprint density at radius 3 is 2.59 bits per heavy atom. The van der Waals surface area contributed by atoms with Crippen molar-refractivity contribution < 1.29 is 4.79 Å². The summed E-state index contributed by atoms with van der Waals surface area (Å²) in [6, 6.07) is 7.54. The van der Waals surface area contributed by atoms with Crippen LogP contribution in [0.5, 0.6) is 0 Å². The second kappa shape index (κ2) is 6.77. The molecule has 0 aromatic carbocycles. The van der Waals surface area contributed by atoms with Gasteiger partial charge in [-0.05, 0) is 30.2 Å². The monoisotopic (exact) mass is 329 g/mol. The van der Waals surface area contributed by atoms with Crippen molar-refractivity contribution in [1.29, 1.82) is 0 Å². The largest absolute Gasteiger partial charge is 0.293 e. The van der Waals surface area contributed by atoms with E-state index in [1.54, 1.807) is 24.8 Å². The van der Waals surface area contributed by atoms with E-state index in [-0.39, 0.29) is 10.9 Å². The Bertz CT molecular complexity index is 775. The number of carbonyl (C=O) groups excluding carboxylic acids is 1. The highest BCUT2D eigenvalue weighted by Gasteiger charge is 2.17. The molecule has 0 aliphatic rings. The second-order valence-electron chi connectivity index (χ2n) is 4.67. The molecule has 4 nitrogen and oxygen atoms in total. The number of aryl methyl sites for hydroxylation is 1. The molecule has 3 rings (SSSR count). The number of Topliss-reactive ketones (excluding diaryl/α,β-unsaturated/α-hetero) is 1. The number of thiazole rings is 1. The van der Waals surface area contributed by atoms with Gasteiger partial charge in [-0.3, -0.25) is 14.8 Å². The van der Waals surface area contributed by atoms with E-state index in [0.717, 1.165) is 11.1 Å². The van der Waals surface area contributed by atoms with E-state index in [1.807, 2.05) is 24.3 Å². The highest BCUT2D eigenvalue weighted by Crippen LogP contribution is 2.31. The maximum absolute atomic E-state index is 12.3. The van der Waals surface area contributed by atoms with Crippen molar-refractivity contribution in [2.24, 2.45) is 0 Å². The van der Waals surface area contributed by atoms with Crippen LogP contribution in [0.4, 0.5) is 0 Å². The van der Waals surface area contributed by atoms with E-state index in [0.29, 0.717) is 22.7 Å². The van der Waals surface area contributed by atoms with Crippen molar-refractivity contribution in [2.45, 2.75) is 12.8 Å². The molecule has 0 radical (unpaired) electrons. The number of hydrogen-bond donors (Lipinski definition) is 0. The summed E-state index contributed by atoms with van der Waals surface area (Å²) in [4.78, 5) is 25.2. The number of nitrogens with zero attached hydrogens (tertiary/aromatic N) is 3. The molecule has 0 saturated carbocycles. The van der Waals surface area contributed by atoms with Gasteiger partial charge in [-0.25, -0.2) is 4.98 Å². The Kier molecular flexibility index (Phi) is 4.56. The molecule has 0 fully saturated rings. The molecule has 0 aliphatic carbocycles. The fourth-order valence-electron chi connectivity index (χ4n) is 2.00. The topological polar surface area (TPSA) is 55.7 Å². The maximum atomic E-state index is 12.3. The lowest BCUT2D eigenvalue weighted by atomic mass is 10.1. The Morgan fingerprint density at radius 1 is 1.14 bits per heavy atom. The van der Waals surface area contributed by atoms with Crippen LogP contribution in [0, 0.1) is 0 Å². The zero-order valence-electron chi connectivity index (χ0n) is 11.6. The van der Waals surface area contributed by atoms with Gasteiger partial charge in [-0.2, -0.15) is 0 Å². The molecule has 3 heterocycles. The predicted octanol–water partition coefficient (Wildman–Crippen LogP) is 4.07. The van der Waals surface area contributed by atoms with Gasteiger partial charge < -0.3 is 0 Å². The minimum atomic E-state index is 0.00138. The van der Waals surface area contributed by atoms with Crippen molar-refractivity contribution in [3.63, 3.8) is 0 Å². The van der Waals surface area contributed by atoms with Crippen molar-refractivity contribution in [2.75, 3.05) is 0 Å². The van der Waals surface area contributed by atoms with Crippen LogP contribution in [-0.2, 0) is 6.42 Å². The average molecular weight is 330 g/mol. The first-order valence-electron chi connectivity index (χ1n) is 6.73. The Labute approximate surface area is 136 Å². The summed E-state index contributed by atoms with van der Waals surface area (Å²) in [5, 5.41) is 0.975. The normalized spacial score (nSPS) is 10.6. The summed E-state index contributed by atoms with van der Waals surface area (Å²) in [7, 11) is 0. The molecule has 110 valence electrons. The third kappa shape index (κ3) is 3.37. The van der Waals surface area contributed by atoms with Gasteiger partial charge in [0.1, 0.15) is 9.88 Å². The van der Waals surface area contributed by atoms with E-state index in [1.165, 1.54) is 11.3 Å². The van der Waals surface area contributed by atoms with Gasteiger partial charge in [-0.15, -0.1) is 11.3 Å². The quantitative estimate of drug-likeness (QED) is 0.662. The van der Waals surface area contributed by atoms with E-state index >= 15 is 0 Å². The minimum Gasteiger partial charge on any atom is -0.293 e. The van der Waals surface area contributed by atoms with Crippen LogP contribution in [0.15, 0.2) is 49.1 Å². The van der Waals surface area contributed by atoms with E-state index in [9.17, 15) is 4.79 Å². The van der Waals surface area contributed by atoms with Gasteiger partial charge >= 0.3 is 0 Å². The summed E-state index contributed by atoms with van der Waals surface area (Å²) in [5.41, 5.74) is 1.89. The molecular weight excluding hydrogens is 318 g/mol. The van der Waals surface area contributed by atoms with Crippen molar-refractivity contribution in [3.8, 4) is 10.6 Å². The van der Waals surface area contributed by atoms with Crippen LogP contribution in [-0.4, -0.2) is 20.7 Å². The molecule has 0 amide bonds. The zero-order chi connectivity index (χ0) is 15.4. The molecule has 22 heavy (non-hydrogen) atoms. The third-order valence-electron chi connectivity index (χ3n) is 3.11. The predicted molar refractivity (Wildman–Crippen MR) is 87.2 cm³/mol. The summed E-state index contributed by atoms with van der Waals surface area (Å²) in [6.07, 6.45) is 7.91. The standard InChI is InChI=1S/C16H12ClN3OS/c17-15-14(13(21)6-5-11-3-1-7-18-9-11)22-16(20-15)12-4-2-8-19-10-12/h1-4,7-10H,5-6H2. The van der Waals surface area contributed by atoms with Crippen molar-refractivity contribution >= 4 is 28.7 Å². The number of carbonyl (C=O) groups is 1. The Balaban J connectivity index is 1.74. The van der Waals surface area contributed by atoms with E-state index in [4.69, 9.17) is 11.6 Å². The molecular formula is C16H12ClN3OS. The molecule has 3 aromatic rings. The fourth-order valence-corrected chi connectivity index (χ4v) is 3.27. The van der Waals surface area contributed by atoms with E-state index in [2.05, 4.69) is 15.0 Å². The lowest BCUT2D eigenvalue weighted by molar-refractivity contribution is 0.0986. The molecule has 3 aromatic heterocycles. The molecule has 0 bridgehead atoms. The summed E-state index contributed by atoms with van der Waals surface area (Å²) in [5.74, 6) is 0.00138. The van der Waals surface area contributed by atoms with Crippen molar-refractivity contribution in [3.05, 3.63) is 64.6 Å². The number of hydrogen-bond acceptors (Lipinski definition) is 5. The number of rotatable bonds is 5. The first-order chi connectivity index (χ1) is 10.7. The number of ketones is 1. The van der Waals surface area contributed by atoms with Crippen LogP contribution in [0.2, 0.25) is 5.15 Å². The van der Waals surface area contributed by atoms with Crippen molar-refractivity contribution in [1.82, 2.24) is 15.0 Å². The van der Waals surface area contributed by atoms with Gasteiger partial charge in [0.2, 0.25) is 0 Å². The molecule has 0 unspecified atom stereocenters. The molecule has 0 saturated heterocycles. The van der Waals surface area contributed by atoms with Gasteiger partial charge in [-0.1, -0.05) is 17.7 Å². The van der Waals surface area contributed by atoms with Crippen LogP contribution < -0.4 is 0 Å². The Hall–Kier alpha value is -2.11. The fraction of sp³-hybridized carbons (Fsp3) is 0.125. The lowest BCUT2D eigenvalue weighted by Crippen LogP contribution is -1.99. The molecule has 0 aliphatic heterocycles. The molecule has 0 atom stereocenters. The number of aromatic nitrogens is 3. The molecule has 0 spiro atoms. The highest BCUT2D eigenvalue weighted by molar-refractivity contribution is 7.17. The second-order valence-corrected chi connectivity index (χ2v) is 6.02. The maximum Gasteiger partial charge on any atom is 0.176 e. The number of pyridine rings is 2. The number of halogens is 1. The molecule has 0 N–H and O–H groups in total. The smallest absolute Gasteiger partial charge is 0.176 e. The molecule has 6 heteroatoms. The Morgan fingerprint density at radius 2 is 1.91 bits per heavy atom.